The third-order valence-corrected chi connectivity index (χ3v) is 2.10. The van der Waals surface area contributed by atoms with E-state index in [1.165, 1.54) is 0 Å². The SMILES string of the molecule is CC[C@@H](C)C(=O)Nc1ccccc1. The van der Waals surface area contributed by atoms with Gasteiger partial charge in [0.2, 0.25) is 5.91 Å². The summed E-state index contributed by atoms with van der Waals surface area (Å²) < 4.78 is 0. The van der Waals surface area contributed by atoms with Gasteiger partial charge in [-0.1, -0.05) is 32.0 Å². The third kappa shape index (κ3) is 2.90. The smallest absolute Gasteiger partial charge is 0.227 e. The number of hydrogen-bond acceptors (Lipinski definition) is 1. The molecule has 0 heterocycles. The number of amides is 1. The molecule has 0 spiro atoms. The summed E-state index contributed by atoms with van der Waals surface area (Å²) in [5, 5.41) is 2.85. The molecular formula is C11H15NO. The predicted octanol–water partition coefficient (Wildman–Crippen LogP) is 2.67. The standard InChI is InChI=1S/C11H15NO/c1-3-9(2)11(13)12-10-7-5-4-6-8-10/h4-9H,3H2,1-2H3,(H,12,13)/t9-/m1/s1. The van der Waals surface area contributed by atoms with E-state index in [1.807, 2.05) is 44.2 Å². The normalized spacial score (nSPS) is 12.2. The fraction of sp³-hybridized carbons (Fsp3) is 0.364. The quantitative estimate of drug-likeness (QED) is 0.755. The van der Waals surface area contributed by atoms with E-state index in [0.717, 1.165) is 12.1 Å². The fourth-order valence-electron chi connectivity index (χ4n) is 0.972. The number of benzene rings is 1. The van der Waals surface area contributed by atoms with Gasteiger partial charge < -0.3 is 5.32 Å². The van der Waals surface area contributed by atoms with E-state index >= 15 is 0 Å². The van der Waals surface area contributed by atoms with Gasteiger partial charge in [-0.05, 0) is 18.6 Å². The molecule has 0 unspecified atom stereocenters. The summed E-state index contributed by atoms with van der Waals surface area (Å²) in [5.74, 6) is 0.175. The monoisotopic (exact) mass is 177 g/mol. The molecule has 2 heteroatoms. The molecule has 70 valence electrons. The van der Waals surface area contributed by atoms with Crippen LogP contribution in [-0.2, 0) is 4.79 Å². The summed E-state index contributed by atoms with van der Waals surface area (Å²) in [6.45, 7) is 3.94. The molecular weight excluding hydrogens is 162 g/mol. The summed E-state index contributed by atoms with van der Waals surface area (Å²) in [5.41, 5.74) is 0.868. The maximum atomic E-state index is 11.4. The van der Waals surface area contributed by atoms with Crippen LogP contribution in [0, 0.1) is 5.92 Å². The second kappa shape index (κ2) is 4.65. The second-order valence-electron chi connectivity index (χ2n) is 3.16. The van der Waals surface area contributed by atoms with Gasteiger partial charge in [0.15, 0.2) is 0 Å². The topological polar surface area (TPSA) is 29.1 Å². The van der Waals surface area contributed by atoms with Crippen LogP contribution in [0.4, 0.5) is 5.69 Å². The molecule has 1 atom stereocenters. The highest BCUT2D eigenvalue weighted by molar-refractivity contribution is 5.92. The lowest BCUT2D eigenvalue weighted by Crippen LogP contribution is -2.19. The fourth-order valence-corrected chi connectivity index (χ4v) is 0.972. The van der Waals surface area contributed by atoms with E-state index in [-0.39, 0.29) is 11.8 Å². The van der Waals surface area contributed by atoms with Crippen LogP contribution >= 0.6 is 0 Å². The molecule has 0 fully saturated rings. The van der Waals surface area contributed by atoms with E-state index in [1.54, 1.807) is 0 Å². The molecule has 0 aliphatic rings. The molecule has 0 saturated carbocycles. The van der Waals surface area contributed by atoms with E-state index in [0.29, 0.717) is 0 Å². The molecule has 1 N–H and O–H groups in total. The Morgan fingerprint density at radius 2 is 2.00 bits per heavy atom. The van der Waals surface area contributed by atoms with E-state index in [9.17, 15) is 4.79 Å². The maximum Gasteiger partial charge on any atom is 0.227 e. The molecule has 1 amide bonds. The first-order valence-electron chi connectivity index (χ1n) is 4.60. The number of anilines is 1. The van der Waals surface area contributed by atoms with Crippen molar-refractivity contribution in [2.24, 2.45) is 5.92 Å². The minimum atomic E-state index is 0.0835. The zero-order valence-corrected chi connectivity index (χ0v) is 8.08. The van der Waals surface area contributed by atoms with E-state index in [2.05, 4.69) is 5.32 Å². The van der Waals surface area contributed by atoms with Gasteiger partial charge in [-0.2, -0.15) is 0 Å². The highest BCUT2D eigenvalue weighted by Gasteiger charge is 2.09. The molecule has 0 saturated heterocycles. The van der Waals surface area contributed by atoms with E-state index < -0.39 is 0 Å². The van der Waals surface area contributed by atoms with Crippen molar-refractivity contribution >= 4 is 11.6 Å². The first kappa shape index (κ1) is 9.78. The average molecular weight is 177 g/mol. The maximum absolute atomic E-state index is 11.4. The van der Waals surface area contributed by atoms with Crippen molar-refractivity contribution in [2.45, 2.75) is 20.3 Å². The van der Waals surface area contributed by atoms with Gasteiger partial charge in [-0.25, -0.2) is 0 Å². The van der Waals surface area contributed by atoms with Crippen molar-refractivity contribution in [1.82, 2.24) is 0 Å². The largest absolute Gasteiger partial charge is 0.326 e. The van der Waals surface area contributed by atoms with Gasteiger partial charge in [0.25, 0.3) is 0 Å². The highest BCUT2D eigenvalue weighted by atomic mass is 16.1. The minimum absolute atomic E-state index is 0.0835. The molecule has 0 bridgehead atoms. The molecule has 13 heavy (non-hydrogen) atoms. The van der Waals surface area contributed by atoms with Crippen LogP contribution in [-0.4, -0.2) is 5.91 Å². The van der Waals surface area contributed by atoms with Crippen LogP contribution in [0.2, 0.25) is 0 Å². The Morgan fingerprint density at radius 1 is 1.38 bits per heavy atom. The number of rotatable bonds is 3. The number of carbonyl (C=O) groups is 1. The molecule has 1 aromatic rings. The van der Waals surface area contributed by atoms with Gasteiger partial charge >= 0.3 is 0 Å². The van der Waals surface area contributed by atoms with Crippen LogP contribution in [0.1, 0.15) is 20.3 Å². The van der Waals surface area contributed by atoms with Crippen LogP contribution in [0.5, 0.6) is 0 Å². The summed E-state index contributed by atoms with van der Waals surface area (Å²) in [7, 11) is 0. The Labute approximate surface area is 79.0 Å². The first-order valence-corrected chi connectivity index (χ1v) is 4.60. The Hall–Kier alpha value is -1.31. The van der Waals surface area contributed by atoms with Crippen molar-refractivity contribution in [1.29, 1.82) is 0 Å². The minimum Gasteiger partial charge on any atom is -0.326 e. The zero-order chi connectivity index (χ0) is 9.68. The van der Waals surface area contributed by atoms with Crippen molar-refractivity contribution in [2.75, 3.05) is 5.32 Å². The van der Waals surface area contributed by atoms with E-state index in [4.69, 9.17) is 0 Å². The first-order chi connectivity index (χ1) is 6.24. The Kier molecular flexibility index (Phi) is 3.50. The van der Waals surface area contributed by atoms with Gasteiger partial charge in [0.05, 0.1) is 0 Å². The highest BCUT2D eigenvalue weighted by Crippen LogP contribution is 2.08. The van der Waals surface area contributed by atoms with Crippen LogP contribution < -0.4 is 5.32 Å². The molecule has 0 radical (unpaired) electrons. The van der Waals surface area contributed by atoms with Gasteiger partial charge in [-0.3, -0.25) is 4.79 Å². The lowest BCUT2D eigenvalue weighted by atomic mass is 10.1. The van der Waals surface area contributed by atoms with Gasteiger partial charge in [-0.15, -0.1) is 0 Å². The van der Waals surface area contributed by atoms with Gasteiger partial charge in [0.1, 0.15) is 0 Å². The number of carbonyl (C=O) groups excluding carboxylic acids is 1. The zero-order valence-electron chi connectivity index (χ0n) is 8.08. The molecule has 1 aromatic carbocycles. The summed E-state index contributed by atoms with van der Waals surface area (Å²) in [6.07, 6.45) is 0.874. The molecule has 1 rings (SSSR count). The van der Waals surface area contributed by atoms with Gasteiger partial charge in [0, 0.05) is 11.6 Å². The summed E-state index contributed by atoms with van der Waals surface area (Å²) in [4.78, 5) is 11.4. The Bertz CT molecular complexity index is 269. The Balaban J connectivity index is 2.55. The molecule has 0 aliphatic carbocycles. The number of nitrogens with one attached hydrogen (secondary N) is 1. The van der Waals surface area contributed by atoms with Crippen molar-refractivity contribution in [3.63, 3.8) is 0 Å². The van der Waals surface area contributed by atoms with Crippen molar-refractivity contribution in [3.05, 3.63) is 30.3 Å². The predicted molar refractivity (Wildman–Crippen MR) is 54.5 cm³/mol. The Morgan fingerprint density at radius 3 is 2.54 bits per heavy atom. The summed E-state index contributed by atoms with van der Waals surface area (Å²) in [6, 6.07) is 9.53. The average Bonchev–Trinajstić information content (AvgIpc) is 2.18. The summed E-state index contributed by atoms with van der Waals surface area (Å²) >= 11 is 0. The lowest BCUT2D eigenvalue weighted by molar-refractivity contribution is -0.119. The van der Waals surface area contributed by atoms with Crippen LogP contribution in [0.15, 0.2) is 30.3 Å². The lowest BCUT2D eigenvalue weighted by Gasteiger charge is -2.09. The molecule has 0 aliphatic heterocycles. The van der Waals surface area contributed by atoms with Crippen molar-refractivity contribution < 1.29 is 4.79 Å². The number of para-hydroxylation sites is 1. The number of hydrogen-bond donors (Lipinski definition) is 1. The molecule has 2 nitrogen and oxygen atoms in total. The second-order valence-corrected chi connectivity index (χ2v) is 3.16. The van der Waals surface area contributed by atoms with Crippen LogP contribution in [0.3, 0.4) is 0 Å². The van der Waals surface area contributed by atoms with Crippen molar-refractivity contribution in [3.8, 4) is 0 Å². The van der Waals surface area contributed by atoms with Crippen LogP contribution in [0.25, 0.3) is 0 Å². The molecule has 0 aromatic heterocycles. The third-order valence-electron chi connectivity index (χ3n) is 2.10.